The molecule has 0 bridgehead atoms. The number of carbonyl (C=O) groups excluding carboxylic acids is 2. The van der Waals surface area contributed by atoms with Crippen LogP contribution < -0.4 is 15.8 Å². The van der Waals surface area contributed by atoms with E-state index in [1.165, 1.54) is 6.42 Å². The average Bonchev–Trinajstić information content (AvgIpc) is 2.61. The van der Waals surface area contributed by atoms with Crippen LogP contribution in [0.1, 0.15) is 24.2 Å². The van der Waals surface area contributed by atoms with Crippen molar-refractivity contribution in [3.8, 4) is 5.75 Å². The van der Waals surface area contributed by atoms with Gasteiger partial charge in [0, 0.05) is 5.69 Å². The molecule has 2 amide bonds. The number of aliphatic hydroxyl groups is 1. The number of rotatable bonds is 8. The fourth-order valence-corrected chi connectivity index (χ4v) is 2.21. The van der Waals surface area contributed by atoms with Crippen LogP contribution in [0, 0.1) is 6.42 Å². The molecule has 0 aliphatic carbocycles. The molecule has 131 valence electrons. The van der Waals surface area contributed by atoms with Crippen molar-refractivity contribution in [1.29, 1.82) is 0 Å². The van der Waals surface area contributed by atoms with Gasteiger partial charge in [0.1, 0.15) is 5.75 Å². The third-order valence-electron chi connectivity index (χ3n) is 3.52. The minimum Gasteiger partial charge on any atom is -0.494 e. The minimum absolute atomic E-state index is 0.217. The van der Waals surface area contributed by atoms with Crippen molar-refractivity contribution in [1.82, 2.24) is 0 Å². The molecule has 0 heterocycles. The standard InChI is InChI=1S/C19H21N2O4/c1-2-25-16-10-8-15(9-11-16)21-17(22)12-5-13-3-6-14(7-4-13)18(23)19(20)24/h3-4,6-12,18,23H,2,5H2,1H3,(H2,20,24)(H,21,22)/t18-/m0/s1. The number of nitrogens with two attached hydrogens (primary N) is 1. The van der Waals surface area contributed by atoms with Crippen LogP contribution in [0.2, 0.25) is 0 Å². The van der Waals surface area contributed by atoms with Crippen molar-refractivity contribution >= 4 is 17.5 Å². The number of carbonyl (C=O) groups is 2. The lowest BCUT2D eigenvalue weighted by molar-refractivity contribution is -0.126. The molecule has 0 fully saturated rings. The number of benzene rings is 2. The summed E-state index contributed by atoms with van der Waals surface area (Å²) in [5.74, 6) is -0.262. The van der Waals surface area contributed by atoms with Gasteiger partial charge in [0.2, 0.25) is 5.91 Å². The maximum Gasteiger partial charge on any atom is 0.250 e. The highest BCUT2D eigenvalue weighted by molar-refractivity contribution is 5.97. The molecule has 6 heteroatoms. The van der Waals surface area contributed by atoms with Gasteiger partial charge in [-0.1, -0.05) is 24.3 Å². The number of ether oxygens (including phenoxy) is 1. The molecule has 2 rings (SSSR count). The maximum absolute atomic E-state index is 12.0. The predicted molar refractivity (Wildman–Crippen MR) is 94.8 cm³/mol. The first-order valence-electron chi connectivity index (χ1n) is 7.93. The second kappa shape index (κ2) is 8.84. The molecule has 1 atom stereocenters. The Bertz CT molecular complexity index is 711. The number of nitrogens with one attached hydrogen (secondary N) is 1. The van der Waals surface area contributed by atoms with E-state index in [4.69, 9.17) is 10.5 Å². The SMILES string of the molecule is CCOc1ccc(NC(=O)[CH]Cc2ccc([C@H](O)C(N)=O)cc2)cc1. The van der Waals surface area contributed by atoms with E-state index in [-0.39, 0.29) is 5.91 Å². The van der Waals surface area contributed by atoms with Crippen LogP contribution in [0.15, 0.2) is 48.5 Å². The summed E-state index contributed by atoms with van der Waals surface area (Å²) in [7, 11) is 0. The van der Waals surface area contributed by atoms with Gasteiger partial charge in [0.25, 0.3) is 5.91 Å². The van der Waals surface area contributed by atoms with Gasteiger partial charge in [-0.25, -0.2) is 0 Å². The molecule has 0 saturated carbocycles. The number of hydrogen-bond donors (Lipinski definition) is 3. The zero-order valence-electron chi connectivity index (χ0n) is 13.9. The lowest BCUT2D eigenvalue weighted by Gasteiger charge is -2.09. The number of aliphatic hydroxyl groups excluding tert-OH is 1. The van der Waals surface area contributed by atoms with Crippen LogP contribution in [0.4, 0.5) is 5.69 Å². The van der Waals surface area contributed by atoms with Gasteiger partial charge in [-0.05, 0) is 48.7 Å². The molecule has 25 heavy (non-hydrogen) atoms. The average molecular weight is 341 g/mol. The molecule has 6 nitrogen and oxygen atoms in total. The first kappa shape index (κ1) is 18.5. The number of hydrogen-bond acceptors (Lipinski definition) is 4. The van der Waals surface area contributed by atoms with Gasteiger partial charge in [-0.3, -0.25) is 9.59 Å². The Morgan fingerprint density at radius 2 is 1.80 bits per heavy atom. The Balaban J connectivity index is 1.84. The summed E-state index contributed by atoms with van der Waals surface area (Å²) in [6, 6.07) is 13.8. The van der Waals surface area contributed by atoms with E-state index in [1.54, 1.807) is 48.5 Å². The molecular weight excluding hydrogens is 320 g/mol. The van der Waals surface area contributed by atoms with E-state index in [1.807, 2.05) is 6.92 Å². The molecule has 0 aliphatic heterocycles. The summed E-state index contributed by atoms with van der Waals surface area (Å²) in [6.07, 6.45) is 0.632. The van der Waals surface area contributed by atoms with E-state index < -0.39 is 12.0 Å². The van der Waals surface area contributed by atoms with Crippen LogP contribution in [-0.2, 0) is 16.0 Å². The fraction of sp³-hybridized carbons (Fsp3) is 0.211. The van der Waals surface area contributed by atoms with Crippen molar-refractivity contribution in [2.75, 3.05) is 11.9 Å². The Morgan fingerprint density at radius 1 is 1.16 bits per heavy atom. The van der Waals surface area contributed by atoms with Crippen molar-refractivity contribution in [2.24, 2.45) is 5.73 Å². The van der Waals surface area contributed by atoms with Crippen molar-refractivity contribution < 1.29 is 19.4 Å². The smallest absolute Gasteiger partial charge is 0.250 e. The Labute approximate surface area is 146 Å². The highest BCUT2D eigenvalue weighted by Crippen LogP contribution is 2.17. The normalized spacial score (nSPS) is 11.6. The largest absolute Gasteiger partial charge is 0.494 e. The molecular formula is C19H21N2O4. The van der Waals surface area contributed by atoms with Gasteiger partial charge in [0.05, 0.1) is 13.0 Å². The number of anilines is 1. The fourth-order valence-electron chi connectivity index (χ4n) is 2.21. The molecule has 0 aliphatic rings. The summed E-state index contributed by atoms with van der Waals surface area (Å²) < 4.78 is 5.35. The Hall–Kier alpha value is -2.86. The second-order valence-electron chi connectivity index (χ2n) is 5.40. The van der Waals surface area contributed by atoms with E-state index in [2.05, 4.69) is 5.32 Å². The maximum atomic E-state index is 12.0. The Kier molecular flexibility index (Phi) is 6.54. The van der Waals surface area contributed by atoms with Crippen molar-refractivity contribution in [3.05, 3.63) is 66.1 Å². The highest BCUT2D eigenvalue weighted by atomic mass is 16.5. The first-order chi connectivity index (χ1) is 12.0. The monoisotopic (exact) mass is 341 g/mol. The summed E-state index contributed by atoms with van der Waals surface area (Å²) in [5, 5.41) is 12.3. The van der Waals surface area contributed by atoms with Crippen molar-refractivity contribution in [2.45, 2.75) is 19.4 Å². The van der Waals surface area contributed by atoms with Gasteiger partial charge in [0.15, 0.2) is 6.10 Å². The Morgan fingerprint density at radius 3 is 2.36 bits per heavy atom. The summed E-state index contributed by atoms with van der Waals surface area (Å²) in [4.78, 5) is 22.9. The van der Waals surface area contributed by atoms with E-state index in [0.29, 0.717) is 24.3 Å². The molecule has 0 unspecified atom stereocenters. The molecule has 2 aromatic carbocycles. The third-order valence-corrected chi connectivity index (χ3v) is 3.52. The molecule has 0 aromatic heterocycles. The second-order valence-corrected chi connectivity index (χ2v) is 5.40. The molecule has 0 spiro atoms. The molecule has 0 saturated heterocycles. The summed E-state index contributed by atoms with van der Waals surface area (Å²) in [6.45, 7) is 2.50. The lowest BCUT2D eigenvalue weighted by atomic mass is 10.0. The van der Waals surface area contributed by atoms with Crippen LogP contribution >= 0.6 is 0 Å². The van der Waals surface area contributed by atoms with Gasteiger partial charge < -0.3 is 20.9 Å². The molecule has 2 aromatic rings. The van der Waals surface area contributed by atoms with Gasteiger partial charge in [-0.15, -0.1) is 0 Å². The van der Waals surface area contributed by atoms with Crippen molar-refractivity contribution in [3.63, 3.8) is 0 Å². The zero-order chi connectivity index (χ0) is 18.2. The summed E-state index contributed by atoms with van der Waals surface area (Å²) in [5.41, 5.74) is 7.04. The molecule has 1 radical (unpaired) electrons. The summed E-state index contributed by atoms with van der Waals surface area (Å²) >= 11 is 0. The van der Waals surface area contributed by atoms with E-state index in [0.717, 1.165) is 11.3 Å². The predicted octanol–water partition coefficient (Wildman–Crippen LogP) is 1.99. The van der Waals surface area contributed by atoms with E-state index in [9.17, 15) is 14.7 Å². The van der Waals surface area contributed by atoms with E-state index >= 15 is 0 Å². The number of primary amides is 1. The van der Waals surface area contributed by atoms with Crippen LogP contribution in [0.3, 0.4) is 0 Å². The van der Waals surface area contributed by atoms with Gasteiger partial charge >= 0.3 is 0 Å². The first-order valence-corrected chi connectivity index (χ1v) is 7.93. The van der Waals surface area contributed by atoms with Crippen LogP contribution in [0.25, 0.3) is 0 Å². The topological polar surface area (TPSA) is 102 Å². The molecule has 4 N–H and O–H groups in total. The zero-order valence-corrected chi connectivity index (χ0v) is 13.9. The van der Waals surface area contributed by atoms with Crippen LogP contribution in [-0.4, -0.2) is 23.5 Å². The van der Waals surface area contributed by atoms with Crippen LogP contribution in [0.5, 0.6) is 5.75 Å². The lowest BCUT2D eigenvalue weighted by Crippen LogP contribution is -2.20. The quantitative estimate of drug-likeness (QED) is 0.683. The minimum atomic E-state index is -1.32. The highest BCUT2D eigenvalue weighted by Gasteiger charge is 2.13. The number of amides is 2. The third kappa shape index (κ3) is 5.61. The van der Waals surface area contributed by atoms with Gasteiger partial charge in [-0.2, -0.15) is 0 Å².